The Morgan fingerprint density at radius 1 is 1.33 bits per heavy atom. The molecule has 0 atom stereocenters. The first-order chi connectivity index (χ1) is 14.3. The van der Waals surface area contributed by atoms with E-state index < -0.39 is 5.97 Å². The molecule has 0 aliphatic rings. The van der Waals surface area contributed by atoms with Crippen molar-refractivity contribution in [3.63, 3.8) is 0 Å². The van der Waals surface area contributed by atoms with Gasteiger partial charge in [-0.25, -0.2) is 4.99 Å². The third-order valence-electron chi connectivity index (χ3n) is 4.39. The third-order valence-corrected chi connectivity index (χ3v) is 5.72. The lowest BCUT2D eigenvalue weighted by molar-refractivity contribution is -0.136. The number of carboxylic acids is 1. The first-order valence-electron chi connectivity index (χ1n) is 10.5. The van der Waals surface area contributed by atoms with Crippen LogP contribution in [-0.2, 0) is 10.2 Å². The Labute approximate surface area is 186 Å². The van der Waals surface area contributed by atoms with Gasteiger partial charge in [0.25, 0.3) is 0 Å². The molecule has 0 saturated carbocycles. The fourth-order valence-electron chi connectivity index (χ4n) is 2.96. The largest absolute Gasteiger partial charge is 0.481 e. The van der Waals surface area contributed by atoms with Gasteiger partial charge in [0.1, 0.15) is 5.82 Å². The fourth-order valence-corrected chi connectivity index (χ4v) is 3.96. The van der Waals surface area contributed by atoms with Crippen molar-refractivity contribution in [2.24, 2.45) is 4.99 Å². The molecule has 0 spiro atoms. The summed E-state index contributed by atoms with van der Waals surface area (Å²) in [6.45, 7) is 18.4. The number of aryl methyl sites for hydroxylation is 1. The van der Waals surface area contributed by atoms with E-state index >= 15 is 0 Å². The van der Waals surface area contributed by atoms with Crippen LogP contribution in [0.2, 0.25) is 0 Å². The molecule has 30 heavy (non-hydrogen) atoms. The van der Waals surface area contributed by atoms with Gasteiger partial charge < -0.3 is 10.4 Å². The molecule has 0 fully saturated rings. The van der Waals surface area contributed by atoms with E-state index in [-0.39, 0.29) is 11.8 Å². The molecule has 0 aliphatic heterocycles. The van der Waals surface area contributed by atoms with Crippen molar-refractivity contribution in [3.8, 4) is 0 Å². The Balaban J connectivity index is 0.00000407. The Morgan fingerprint density at radius 3 is 2.47 bits per heavy atom. The summed E-state index contributed by atoms with van der Waals surface area (Å²) in [6, 6.07) is 4.34. The van der Waals surface area contributed by atoms with Crippen LogP contribution in [-0.4, -0.2) is 17.3 Å². The number of nitrogens with one attached hydrogen (secondary N) is 1. The normalized spacial score (nSPS) is 13.1. The van der Waals surface area contributed by atoms with Crippen LogP contribution < -0.4 is 5.32 Å². The van der Waals surface area contributed by atoms with Crippen LogP contribution in [0.25, 0.3) is 0 Å². The molecular weight excluding hydrogens is 392 g/mol. The first-order valence-corrected chi connectivity index (χ1v) is 11.3. The Bertz CT molecular complexity index is 796. The van der Waals surface area contributed by atoms with Crippen LogP contribution in [0.5, 0.6) is 0 Å². The van der Waals surface area contributed by atoms with Crippen LogP contribution in [0.1, 0.15) is 70.6 Å². The number of aliphatic carboxylic acids is 1. The maximum absolute atomic E-state index is 10.7. The maximum atomic E-state index is 10.7. The molecule has 0 aromatic carbocycles. The number of aliphatic imine (C=N–C) groups is 1. The molecule has 166 valence electrons. The van der Waals surface area contributed by atoms with Gasteiger partial charge in [0.15, 0.2) is 0 Å². The van der Waals surface area contributed by atoms with Gasteiger partial charge in [-0.1, -0.05) is 53.3 Å². The van der Waals surface area contributed by atoms with Gasteiger partial charge in [-0.3, -0.25) is 4.79 Å². The predicted molar refractivity (Wildman–Crippen MR) is 132 cm³/mol. The quantitative estimate of drug-likeness (QED) is 0.289. The average Bonchev–Trinajstić information content (AvgIpc) is 3.14. The Hall–Kier alpha value is -2.40. The second kappa shape index (κ2) is 14.6. The van der Waals surface area contributed by atoms with Crippen LogP contribution in [0.3, 0.4) is 0 Å². The van der Waals surface area contributed by atoms with E-state index in [4.69, 9.17) is 5.11 Å². The molecule has 0 saturated heterocycles. The molecule has 1 rings (SSSR count). The molecule has 0 radical (unpaired) electrons. The topological polar surface area (TPSA) is 61.7 Å². The van der Waals surface area contributed by atoms with Crippen LogP contribution in [0.15, 0.2) is 65.1 Å². The molecule has 1 aromatic rings. The van der Waals surface area contributed by atoms with Crippen molar-refractivity contribution >= 4 is 23.5 Å². The minimum absolute atomic E-state index is 0.110. The van der Waals surface area contributed by atoms with Crippen molar-refractivity contribution in [1.29, 1.82) is 0 Å². The summed E-state index contributed by atoms with van der Waals surface area (Å²) in [5.41, 5.74) is 1.88. The highest BCUT2D eigenvalue weighted by atomic mass is 32.1. The summed E-state index contributed by atoms with van der Waals surface area (Å²) in [7, 11) is 0. The zero-order valence-corrected chi connectivity index (χ0v) is 20.4. The molecule has 5 heteroatoms. The number of hydrogen-bond donors (Lipinski definition) is 2. The lowest BCUT2D eigenvalue weighted by Gasteiger charge is -2.29. The molecule has 1 heterocycles. The zero-order valence-electron chi connectivity index (χ0n) is 19.6. The first kappa shape index (κ1) is 27.6. The number of carboxylic acid groups (broad SMARTS) is 1. The number of rotatable bonds is 11. The van der Waals surface area contributed by atoms with Crippen molar-refractivity contribution < 1.29 is 9.90 Å². The van der Waals surface area contributed by atoms with Crippen molar-refractivity contribution in [3.05, 3.63) is 69.9 Å². The van der Waals surface area contributed by atoms with E-state index in [0.717, 1.165) is 17.9 Å². The van der Waals surface area contributed by atoms with Gasteiger partial charge in [0.2, 0.25) is 0 Å². The molecule has 2 N–H and O–H groups in total. The van der Waals surface area contributed by atoms with Gasteiger partial charge in [-0.05, 0) is 56.5 Å². The second-order valence-electron chi connectivity index (χ2n) is 6.92. The van der Waals surface area contributed by atoms with Gasteiger partial charge in [0.05, 0.1) is 0 Å². The number of nitrogens with zero attached hydrogens (tertiary/aromatic N) is 1. The van der Waals surface area contributed by atoms with Crippen LogP contribution >= 0.6 is 11.3 Å². The molecular formula is C25H38N2O2S. The molecule has 0 bridgehead atoms. The molecule has 0 aliphatic carbocycles. The summed E-state index contributed by atoms with van der Waals surface area (Å²) in [6.07, 6.45) is 10.5. The predicted octanol–water partition coefficient (Wildman–Crippen LogP) is 7.15. The van der Waals surface area contributed by atoms with Gasteiger partial charge >= 0.3 is 5.97 Å². The summed E-state index contributed by atoms with van der Waals surface area (Å²) in [4.78, 5) is 17.9. The van der Waals surface area contributed by atoms with Crippen molar-refractivity contribution in [2.45, 2.75) is 73.1 Å². The molecule has 0 amide bonds. The van der Waals surface area contributed by atoms with Crippen molar-refractivity contribution in [2.75, 3.05) is 0 Å². The fraction of sp³-hybridized carbons (Fsp3) is 0.440. The highest BCUT2D eigenvalue weighted by molar-refractivity contribution is 7.12. The SMILES string of the molecule is C=C/C=C(\C=C/CCC(=O)O)NC(/N=C\C)=C(\CC)C(C)(C)c1ccc(C)s1.CC. The monoisotopic (exact) mass is 430 g/mol. The van der Waals surface area contributed by atoms with Crippen molar-refractivity contribution in [1.82, 2.24) is 5.32 Å². The minimum atomic E-state index is -0.802. The van der Waals surface area contributed by atoms with E-state index in [2.05, 4.69) is 56.7 Å². The maximum Gasteiger partial charge on any atom is 0.303 e. The Kier molecular flexibility index (Phi) is 13.4. The van der Waals surface area contributed by atoms with E-state index in [9.17, 15) is 4.79 Å². The van der Waals surface area contributed by atoms with Crippen LogP contribution in [0.4, 0.5) is 0 Å². The lowest BCUT2D eigenvalue weighted by atomic mass is 9.81. The smallest absolute Gasteiger partial charge is 0.303 e. The molecule has 0 unspecified atom stereocenters. The standard InChI is InChI=1S/C23H32N2O2S.C2H6/c1-7-12-18(13-10-11-14-21(26)27)25-22(24-9-3)19(8-2)23(5,6)20-16-15-17(4)28-20;1-2/h7,9-10,12-13,15-16,25H,1,8,11,14H2,2-6H3,(H,26,27);1-2H3/b13-10-,18-12+,22-19+,24-9-;. The van der Waals surface area contributed by atoms with E-state index in [0.29, 0.717) is 6.42 Å². The number of allylic oxidation sites excluding steroid dienone is 5. The summed E-state index contributed by atoms with van der Waals surface area (Å²) in [5.74, 6) is 0.0151. The number of hydrogen-bond acceptors (Lipinski definition) is 4. The van der Waals surface area contributed by atoms with Crippen LogP contribution in [0, 0.1) is 6.92 Å². The minimum Gasteiger partial charge on any atom is -0.481 e. The molecule has 4 nitrogen and oxygen atoms in total. The summed E-state index contributed by atoms with van der Waals surface area (Å²) < 4.78 is 0. The second-order valence-corrected chi connectivity index (χ2v) is 8.21. The highest BCUT2D eigenvalue weighted by Crippen LogP contribution is 2.38. The van der Waals surface area contributed by atoms with Gasteiger partial charge in [0, 0.05) is 33.5 Å². The van der Waals surface area contributed by atoms with E-state index in [1.54, 1.807) is 12.3 Å². The molecule has 1 aromatic heterocycles. The van der Waals surface area contributed by atoms with E-state index in [1.807, 2.05) is 50.3 Å². The number of thiophene rings is 1. The van der Waals surface area contributed by atoms with Gasteiger partial charge in [-0.15, -0.1) is 11.3 Å². The van der Waals surface area contributed by atoms with Gasteiger partial charge in [-0.2, -0.15) is 0 Å². The third kappa shape index (κ3) is 8.95. The summed E-state index contributed by atoms with van der Waals surface area (Å²) in [5, 5.41) is 12.2. The Morgan fingerprint density at radius 2 is 2.00 bits per heavy atom. The average molecular weight is 431 g/mol. The zero-order chi connectivity index (χ0) is 23.2. The summed E-state index contributed by atoms with van der Waals surface area (Å²) >= 11 is 1.81. The lowest BCUT2D eigenvalue weighted by Crippen LogP contribution is -2.24. The highest BCUT2D eigenvalue weighted by Gasteiger charge is 2.29. The number of carbonyl (C=O) groups is 1. The van der Waals surface area contributed by atoms with E-state index in [1.165, 1.54) is 15.3 Å².